The molecule has 1 heterocycles. The number of rotatable bonds is 7. The maximum Gasteiger partial charge on any atom is 0.348 e. The van der Waals surface area contributed by atoms with E-state index in [1.807, 2.05) is 13.8 Å². The molecule has 2 N–H and O–H groups in total. The van der Waals surface area contributed by atoms with Crippen molar-refractivity contribution in [2.75, 3.05) is 13.7 Å². The summed E-state index contributed by atoms with van der Waals surface area (Å²) in [6, 6.07) is 11.8. The summed E-state index contributed by atoms with van der Waals surface area (Å²) in [7, 11) is 1.54. The summed E-state index contributed by atoms with van der Waals surface area (Å²) in [6.45, 7) is 3.58. The Morgan fingerprint density at radius 3 is 2.43 bits per heavy atom. The fraction of sp³-hybridized carbons (Fsp3) is 0.400. The first-order valence-electron chi connectivity index (χ1n) is 13.6. The predicted molar refractivity (Wildman–Crippen MR) is 151 cm³/mol. The molecule has 0 unspecified atom stereocenters. The number of amides is 2. The van der Waals surface area contributed by atoms with Crippen molar-refractivity contribution >= 4 is 29.4 Å². The Kier molecular flexibility index (Phi) is 11.6. The molecule has 0 spiro atoms. The van der Waals surface area contributed by atoms with Gasteiger partial charge in [0, 0.05) is 25.5 Å². The second kappa shape index (κ2) is 15.3. The quantitative estimate of drug-likeness (QED) is 0.284. The molecular formula is C30H35N3O9. The minimum Gasteiger partial charge on any atom is -0.497 e. The molecule has 0 bridgehead atoms. The lowest BCUT2D eigenvalue weighted by atomic mass is 10.0. The van der Waals surface area contributed by atoms with Gasteiger partial charge in [-0.2, -0.15) is 0 Å². The second-order valence-electron chi connectivity index (χ2n) is 10.1. The summed E-state index contributed by atoms with van der Waals surface area (Å²) in [4.78, 5) is 62.8. The molecule has 0 saturated carbocycles. The molecule has 1 aliphatic heterocycles. The molecule has 12 heteroatoms. The van der Waals surface area contributed by atoms with E-state index in [4.69, 9.17) is 14.2 Å². The normalized spacial score (nSPS) is 21.5. The van der Waals surface area contributed by atoms with E-state index in [-0.39, 0.29) is 49.4 Å². The highest BCUT2D eigenvalue weighted by atomic mass is 16.6. The van der Waals surface area contributed by atoms with Gasteiger partial charge >= 0.3 is 11.9 Å². The van der Waals surface area contributed by atoms with Crippen molar-refractivity contribution in [3.8, 4) is 5.75 Å². The van der Waals surface area contributed by atoms with E-state index in [0.29, 0.717) is 5.75 Å². The van der Waals surface area contributed by atoms with Crippen LogP contribution in [0.3, 0.4) is 0 Å². The van der Waals surface area contributed by atoms with Gasteiger partial charge in [0.05, 0.1) is 24.0 Å². The van der Waals surface area contributed by atoms with Crippen LogP contribution in [0.5, 0.6) is 5.75 Å². The predicted octanol–water partition coefficient (Wildman–Crippen LogP) is 3.34. The Labute approximate surface area is 243 Å². The van der Waals surface area contributed by atoms with E-state index in [2.05, 4.69) is 10.6 Å². The van der Waals surface area contributed by atoms with E-state index < -0.39 is 46.9 Å². The van der Waals surface area contributed by atoms with Crippen LogP contribution < -0.4 is 15.4 Å². The lowest BCUT2D eigenvalue weighted by molar-refractivity contribution is -0.386. The number of para-hydroxylation sites is 1. The van der Waals surface area contributed by atoms with Crippen LogP contribution in [0.1, 0.15) is 50.3 Å². The first-order chi connectivity index (χ1) is 20.1. The zero-order chi connectivity index (χ0) is 30.6. The average Bonchev–Trinajstić information content (AvgIpc) is 2.95. The second-order valence-corrected chi connectivity index (χ2v) is 10.1. The van der Waals surface area contributed by atoms with Crippen molar-refractivity contribution < 1.29 is 38.3 Å². The first kappa shape index (κ1) is 31.8. The number of carbonyl (C=O) groups is 4. The zero-order valence-corrected chi connectivity index (χ0v) is 23.7. The summed E-state index contributed by atoms with van der Waals surface area (Å²) in [5.41, 5.74) is 0.610. The van der Waals surface area contributed by atoms with Crippen LogP contribution in [0.15, 0.2) is 60.7 Å². The van der Waals surface area contributed by atoms with E-state index in [0.717, 1.165) is 5.56 Å². The molecule has 0 saturated heterocycles. The molecule has 2 aromatic carbocycles. The van der Waals surface area contributed by atoms with Gasteiger partial charge < -0.3 is 24.8 Å². The number of carbonyl (C=O) groups excluding carboxylic acids is 4. The lowest BCUT2D eigenvalue weighted by Crippen LogP contribution is -2.48. The first-order valence-corrected chi connectivity index (χ1v) is 13.6. The molecule has 0 fully saturated rings. The van der Waals surface area contributed by atoms with Gasteiger partial charge in [0.2, 0.25) is 11.8 Å². The maximum atomic E-state index is 13.2. The Hall–Kier alpha value is -4.74. The number of nitro benzene ring substituents is 1. The van der Waals surface area contributed by atoms with Gasteiger partial charge in [-0.15, -0.1) is 0 Å². The van der Waals surface area contributed by atoms with Crippen molar-refractivity contribution in [3.05, 3.63) is 81.9 Å². The molecule has 0 aliphatic carbocycles. The third-order valence-electron chi connectivity index (χ3n) is 6.44. The maximum absolute atomic E-state index is 13.2. The number of methoxy groups -OCH3 is 1. The van der Waals surface area contributed by atoms with Gasteiger partial charge in [-0.1, -0.05) is 44.2 Å². The van der Waals surface area contributed by atoms with Crippen LogP contribution in [-0.2, 0) is 35.1 Å². The minimum absolute atomic E-state index is 0.0486. The lowest BCUT2D eigenvalue weighted by Gasteiger charge is -2.23. The largest absolute Gasteiger partial charge is 0.497 e. The number of esters is 2. The number of nitrogens with one attached hydrogen (secondary N) is 2. The number of nitrogens with zero attached hydrogens (tertiary/aromatic N) is 1. The summed E-state index contributed by atoms with van der Waals surface area (Å²) < 4.78 is 16.3. The number of hydrogen-bond acceptors (Lipinski definition) is 9. The van der Waals surface area contributed by atoms with Gasteiger partial charge in [-0.3, -0.25) is 24.5 Å². The molecule has 3 rings (SSSR count). The molecule has 42 heavy (non-hydrogen) atoms. The molecular weight excluding hydrogens is 546 g/mol. The van der Waals surface area contributed by atoms with Crippen molar-refractivity contribution in [1.29, 1.82) is 0 Å². The van der Waals surface area contributed by atoms with Crippen LogP contribution in [-0.4, -0.2) is 54.5 Å². The highest BCUT2D eigenvalue weighted by molar-refractivity contribution is 5.93. The fourth-order valence-electron chi connectivity index (χ4n) is 4.35. The van der Waals surface area contributed by atoms with Crippen molar-refractivity contribution in [2.45, 2.75) is 57.8 Å². The highest BCUT2D eigenvalue weighted by Crippen LogP contribution is 2.31. The number of cyclic esters (lactones) is 2. The summed E-state index contributed by atoms with van der Waals surface area (Å²) in [5.74, 6) is -2.12. The number of nitro groups is 1. The van der Waals surface area contributed by atoms with Crippen LogP contribution in [0.2, 0.25) is 0 Å². The van der Waals surface area contributed by atoms with Crippen LogP contribution in [0.25, 0.3) is 0 Å². The molecule has 2 aromatic rings. The third-order valence-corrected chi connectivity index (χ3v) is 6.44. The SMILES string of the molecule is COc1ccc(C[C@H]2NC(=O)/C=C/C[C@@H](c3ccccc3[N+](=O)[O-])OC(=O)[C@H](CC(C)C)OC(=O)CCNC2=O)cc1. The Balaban J connectivity index is 1.92. The van der Waals surface area contributed by atoms with Gasteiger partial charge in [0.15, 0.2) is 6.10 Å². The molecule has 2 amide bonds. The van der Waals surface area contributed by atoms with Gasteiger partial charge in [0.25, 0.3) is 5.69 Å². The molecule has 3 atom stereocenters. The monoisotopic (exact) mass is 581 g/mol. The topological polar surface area (TPSA) is 163 Å². The average molecular weight is 582 g/mol. The number of benzene rings is 2. The van der Waals surface area contributed by atoms with E-state index in [9.17, 15) is 29.3 Å². The van der Waals surface area contributed by atoms with E-state index in [1.165, 1.54) is 37.5 Å². The molecule has 224 valence electrons. The summed E-state index contributed by atoms with van der Waals surface area (Å²) in [6.07, 6.45) is 0.161. The van der Waals surface area contributed by atoms with Crippen LogP contribution in [0, 0.1) is 16.0 Å². The smallest absolute Gasteiger partial charge is 0.348 e. The number of hydrogen-bond donors (Lipinski definition) is 2. The zero-order valence-electron chi connectivity index (χ0n) is 23.7. The summed E-state index contributed by atoms with van der Waals surface area (Å²) >= 11 is 0. The van der Waals surface area contributed by atoms with Gasteiger partial charge in [0.1, 0.15) is 17.9 Å². The van der Waals surface area contributed by atoms with E-state index >= 15 is 0 Å². The minimum atomic E-state index is -1.26. The van der Waals surface area contributed by atoms with E-state index in [1.54, 1.807) is 30.3 Å². The van der Waals surface area contributed by atoms with Crippen molar-refractivity contribution in [1.82, 2.24) is 10.6 Å². The van der Waals surface area contributed by atoms with Crippen molar-refractivity contribution in [2.24, 2.45) is 5.92 Å². The Bertz CT molecular complexity index is 1310. The van der Waals surface area contributed by atoms with Crippen molar-refractivity contribution in [3.63, 3.8) is 0 Å². The van der Waals surface area contributed by atoms with Crippen LogP contribution >= 0.6 is 0 Å². The van der Waals surface area contributed by atoms with Gasteiger partial charge in [-0.05, 0) is 42.2 Å². The third kappa shape index (κ3) is 9.43. The molecule has 12 nitrogen and oxygen atoms in total. The fourth-order valence-corrected chi connectivity index (χ4v) is 4.35. The Morgan fingerprint density at radius 2 is 1.76 bits per heavy atom. The standard InChI is InChI=1S/C30H35N3O9/c1-19(2)17-26-30(37)42-25(22-7-4-5-8-24(22)33(38)39)9-6-10-27(34)32-23(29(36)31-16-15-28(35)41-26)18-20-11-13-21(40-3)14-12-20/h4-8,10-14,19,23,25-26H,9,15-18H2,1-3H3,(H,31,36)(H,32,34)/b10-6+/t23-,25+,26+/m1/s1. The van der Waals surface area contributed by atoms with Gasteiger partial charge in [-0.25, -0.2) is 4.79 Å². The number of ether oxygens (including phenoxy) is 3. The summed E-state index contributed by atoms with van der Waals surface area (Å²) in [5, 5.41) is 17.0. The Morgan fingerprint density at radius 1 is 1.05 bits per heavy atom. The molecule has 0 aromatic heterocycles. The highest BCUT2D eigenvalue weighted by Gasteiger charge is 2.31. The molecule has 1 aliphatic rings. The molecule has 0 radical (unpaired) electrons. The van der Waals surface area contributed by atoms with Crippen LogP contribution in [0.4, 0.5) is 5.69 Å².